The van der Waals surface area contributed by atoms with Gasteiger partial charge in [0.25, 0.3) is 0 Å². The highest BCUT2D eigenvalue weighted by atomic mass is 35.5. The summed E-state index contributed by atoms with van der Waals surface area (Å²) in [7, 11) is 0. The van der Waals surface area contributed by atoms with Crippen molar-refractivity contribution in [2.24, 2.45) is 5.73 Å². The smallest absolute Gasteiger partial charge is 0.0815 e. The maximum atomic E-state index is 8.99. The highest BCUT2D eigenvalue weighted by Crippen LogP contribution is 1.98. The standard InChI is InChI=1S/C5H12N2O.2ClH/c6-4-1-2-7-3-5(4)8;;/h4-5,7-8H,1-3,6H2;2*1H/t4-,5-;;/m0../s1. The Labute approximate surface area is 73.2 Å². The number of halogens is 2. The van der Waals surface area contributed by atoms with Crippen LogP contribution in [0.2, 0.25) is 0 Å². The summed E-state index contributed by atoms with van der Waals surface area (Å²) in [6, 6.07) is -0.00347. The molecule has 0 aromatic rings. The summed E-state index contributed by atoms with van der Waals surface area (Å²) >= 11 is 0. The van der Waals surface area contributed by atoms with Crippen molar-refractivity contribution in [2.45, 2.75) is 18.6 Å². The molecular weight excluding hydrogens is 175 g/mol. The second-order valence-electron chi connectivity index (χ2n) is 2.22. The third-order valence-electron chi connectivity index (χ3n) is 1.50. The number of piperidine rings is 1. The topological polar surface area (TPSA) is 58.3 Å². The quantitative estimate of drug-likeness (QED) is 0.482. The van der Waals surface area contributed by atoms with Gasteiger partial charge in [0.2, 0.25) is 0 Å². The fraction of sp³-hybridized carbons (Fsp3) is 1.00. The summed E-state index contributed by atoms with van der Waals surface area (Å²) in [4.78, 5) is 0. The van der Waals surface area contributed by atoms with E-state index in [0.29, 0.717) is 6.54 Å². The molecule has 0 aromatic carbocycles. The lowest BCUT2D eigenvalue weighted by Crippen LogP contribution is -2.48. The predicted molar refractivity (Wildman–Crippen MR) is 46.0 cm³/mol. The van der Waals surface area contributed by atoms with Crippen molar-refractivity contribution >= 4 is 24.8 Å². The SMILES string of the molecule is Cl.Cl.N[C@H]1CCNC[C@@H]1O. The number of aliphatic hydroxyl groups excluding tert-OH is 1. The number of rotatable bonds is 0. The van der Waals surface area contributed by atoms with Gasteiger partial charge in [-0.25, -0.2) is 0 Å². The molecule has 0 radical (unpaired) electrons. The maximum absolute atomic E-state index is 8.99. The van der Waals surface area contributed by atoms with Crippen LogP contribution in [0.4, 0.5) is 0 Å². The van der Waals surface area contributed by atoms with Gasteiger partial charge in [-0.2, -0.15) is 0 Å². The predicted octanol–water partition coefficient (Wildman–Crippen LogP) is -0.489. The summed E-state index contributed by atoms with van der Waals surface area (Å²) in [5, 5.41) is 12.0. The van der Waals surface area contributed by atoms with Gasteiger partial charge in [0, 0.05) is 12.6 Å². The molecule has 1 aliphatic heterocycles. The number of aliphatic hydroxyl groups is 1. The number of hydrogen-bond acceptors (Lipinski definition) is 3. The van der Waals surface area contributed by atoms with E-state index in [1.54, 1.807) is 0 Å². The van der Waals surface area contributed by atoms with Gasteiger partial charge < -0.3 is 16.2 Å². The van der Waals surface area contributed by atoms with Crippen LogP contribution in [0.1, 0.15) is 6.42 Å². The van der Waals surface area contributed by atoms with Gasteiger partial charge in [0.15, 0.2) is 0 Å². The molecule has 1 heterocycles. The van der Waals surface area contributed by atoms with Crippen LogP contribution in [0.15, 0.2) is 0 Å². The lowest BCUT2D eigenvalue weighted by Gasteiger charge is -2.24. The molecular formula is C5H14Cl2N2O. The minimum atomic E-state index is -0.330. The Morgan fingerprint density at radius 2 is 2.00 bits per heavy atom. The molecule has 2 atom stereocenters. The monoisotopic (exact) mass is 188 g/mol. The third-order valence-corrected chi connectivity index (χ3v) is 1.50. The molecule has 0 amide bonds. The number of β-amino-alcohol motifs (C(OH)–C–C–N with tert-alkyl or cyclic N) is 1. The number of hydrogen-bond donors (Lipinski definition) is 3. The maximum Gasteiger partial charge on any atom is 0.0815 e. The molecule has 0 aliphatic carbocycles. The van der Waals surface area contributed by atoms with Crippen molar-refractivity contribution in [3.05, 3.63) is 0 Å². The van der Waals surface area contributed by atoms with Crippen molar-refractivity contribution in [3.8, 4) is 0 Å². The first-order chi connectivity index (χ1) is 3.80. The molecule has 0 spiro atoms. The molecule has 0 saturated carbocycles. The fourth-order valence-electron chi connectivity index (χ4n) is 0.862. The van der Waals surface area contributed by atoms with E-state index >= 15 is 0 Å². The van der Waals surface area contributed by atoms with Crippen molar-refractivity contribution in [2.75, 3.05) is 13.1 Å². The summed E-state index contributed by atoms with van der Waals surface area (Å²) in [5.74, 6) is 0. The molecule has 0 aromatic heterocycles. The van der Waals surface area contributed by atoms with E-state index in [4.69, 9.17) is 10.8 Å². The minimum absolute atomic E-state index is 0. The van der Waals surface area contributed by atoms with E-state index in [1.165, 1.54) is 0 Å². The summed E-state index contributed by atoms with van der Waals surface area (Å²) in [6.45, 7) is 1.60. The summed E-state index contributed by atoms with van der Waals surface area (Å²) in [5.41, 5.74) is 5.49. The Kier molecular flexibility index (Phi) is 8.09. The van der Waals surface area contributed by atoms with Crippen LogP contribution in [-0.2, 0) is 0 Å². The van der Waals surface area contributed by atoms with E-state index < -0.39 is 0 Å². The van der Waals surface area contributed by atoms with Crippen LogP contribution in [0, 0.1) is 0 Å². The van der Waals surface area contributed by atoms with Gasteiger partial charge in [-0.3, -0.25) is 0 Å². The molecule has 1 aliphatic rings. The first-order valence-corrected chi connectivity index (χ1v) is 2.95. The zero-order valence-corrected chi connectivity index (χ0v) is 7.25. The lowest BCUT2D eigenvalue weighted by atomic mass is 10.1. The van der Waals surface area contributed by atoms with Gasteiger partial charge in [-0.1, -0.05) is 0 Å². The van der Waals surface area contributed by atoms with Gasteiger partial charge in [-0.05, 0) is 13.0 Å². The van der Waals surface area contributed by atoms with Crippen molar-refractivity contribution in [3.63, 3.8) is 0 Å². The van der Waals surface area contributed by atoms with Gasteiger partial charge in [-0.15, -0.1) is 24.8 Å². The molecule has 1 rings (SSSR count). The normalized spacial score (nSPS) is 31.8. The fourth-order valence-corrected chi connectivity index (χ4v) is 0.862. The van der Waals surface area contributed by atoms with Crippen LogP contribution >= 0.6 is 24.8 Å². The molecule has 1 saturated heterocycles. The van der Waals surface area contributed by atoms with E-state index in [1.807, 2.05) is 0 Å². The van der Waals surface area contributed by atoms with E-state index in [0.717, 1.165) is 13.0 Å². The second-order valence-corrected chi connectivity index (χ2v) is 2.22. The average molecular weight is 189 g/mol. The Balaban J connectivity index is 0. The minimum Gasteiger partial charge on any atom is -0.390 e. The highest BCUT2D eigenvalue weighted by Gasteiger charge is 2.17. The molecule has 5 heteroatoms. The van der Waals surface area contributed by atoms with Crippen LogP contribution in [0.5, 0.6) is 0 Å². The van der Waals surface area contributed by atoms with Crippen molar-refractivity contribution < 1.29 is 5.11 Å². The average Bonchev–Trinajstić information content (AvgIpc) is 1.77. The van der Waals surface area contributed by atoms with Gasteiger partial charge in [0.1, 0.15) is 0 Å². The Bertz CT molecular complexity index is 74.0. The Hall–Kier alpha value is 0.460. The largest absolute Gasteiger partial charge is 0.390 e. The first kappa shape index (κ1) is 13.1. The lowest BCUT2D eigenvalue weighted by molar-refractivity contribution is 0.120. The Morgan fingerprint density at radius 1 is 1.40 bits per heavy atom. The Morgan fingerprint density at radius 3 is 2.30 bits per heavy atom. The zero-order valence-electron chi connectivity index (χ0n) is 5.62. The van der Waals surface area contributed by atoms with Gasteiger partial charge in [0.05, 0.1) is 6.10 Å². The van der Waals surface area contributed by atoms with E-state index in [-0.39, 0.29) is 37.0 Å². The van der Waals surface area contributed by atoms with E-state index in [9.17, 15) is 0 Å². The van der Waals surface area contributed by atoms with Crippen LogP contribution in [0.3, 0.4) is 0 Å². The molecule has 3 nitrogen and oxygen atoms in total. The first-order valence-electron chi connectivity index (χ1n) is 2.95. The van der Waals surface area contributed by atoms with Crippen LogP contribution in [-0.4, -0.2) is 30.3 Å². The molecule has 0 unspecified atom stereocenters. The van der Waals surface area contributed by atoms with Crippen LogP contribution < -0.4 is 11.1 Å². The number of nitrogens with one attached hydrogen (secondary N) is 1. The van der Waals surface area contributed by atoms with E-state index in [2.05, 4.69) is 5.32 Å². The summed E-state index contributed by atoms with van der Waals surface area (Å²) in [6.07, 6.45) is 0.560. The van der Waals surface area contributed by atoms with Crippen LogP contribution in [0.25, 0.3) is 0 Å². The van der Waals surface area contributed by atoms with Crippen molar-refractivity contribution in [1.82, 2.24) is 5.32 Å². The summed E-state index contributed by atoms with van der Waals surface area (Å²) < 4.78 is 0. The van der Waals surface area contributed by atoms with Gasteiger partial charge >= 0.3 is 0 Å². The molecule has 64 valence electrons. The molecule has 0 bridgehead atoms. The highest BCUT2D eigenvalue weighted by molar-refractivity contribution is 5.85. The third kappa shape index (κ3) is 3.58. The zero-order chi connectivity index (χ0) is 5.98. The number of nitrogens with two attached hydrogens (primary N) is 1. The second kappa shape index (κ2) is 6.19. The molecule has 4 N–H and O–H groups in total. The van der Waals surface area contributed by atoms with Crippen molar-refractivity contribution in [1.29, 1.82) is 0 Å². The molecule has 10 heavy (non-hydrogen) atoms. The molecule has 1 fully saturated rings.